The van der Waals surface area contributed by atoms with E-state index in [-0.39, 0.29) is 41.3 Å². The summed E-state index contributed by atoms with van der Waals surface area (Å²) in [4.78, 5) is 43.4. The number of ether oxygens (including phenoxy) is 1. The van der Waals surface area contributed by atoms with E-state index >= 15 is 4.39 Å². The van der Waals surface area contributed by atoms with Crippen LogP contribution >= 0.6 is 23.2 Å². The van der Waals surface area contributed by atoms with Crippen LogP contribution in [-0.4, -0.2) is 78.2 Å². The van der Waals surface area contributed by atoms with Crippen molar-refractivity contribution in [2.75, 3.05) is 46.1 Å². The number of likely N-dealkylation sites (tertiary alicyclic amines) is 1. The largest absolute Gasteiger partial charge is 0.612 e. The van der Waals surface area contributed by atoms with Gasteiger partial charge in [0.2, 0.25) is 0 Å². The predicted molar refractivity (Wildman–Crippen MR) is 205 cm³/mol. The summed E-state index contributed by atoms with van der Waals surface area (Å²) in [5.41, 5.74) is 8.22. The minimum Gasteiger partial charge on any atom is -0.612 e. The van der Waals surface area contributed by atoms with Crippen LogP contribution < -0.4 is 5.73 Å². The topological polar surface area (TPSA) is 140 Å². The highest BCUT2D eigenvalue weighted by molar-refractivity contribution is 7.90. The van der Waals surface area contributed by atoms with Crippen molar-refractivity contribution in [3.8, 4) is 6.07 Å². The quantitative estimate of drug-likeness (QED) is 0.112. The van der Waals surface area contributed by atoms with Crippen molar-refractivity contribution in [2.24, 2.45) is 5.73 Å². The number of hydrogen-bond donors (Lipinski definition) is 1. The maximum atomic E-state index is 15.2. The molecule has 9 nitrogen and oxygen atoms in total. The maximum Gasteiger partial charge on any atom is 0.325 e. The van der Waals surface area contributed by atoms with Gasteiger partial charge in [-0.3, -0.25) is 14.4 Å². The summed E-state index contributed by atoms with van der Waals surface area (Å²) >= 11 is 11.2. The number of hydrogen-bond acceptors (Lipinski definition) is 7. The van der Waals surface area contributed by atoms with Gasteiger partial charge in [-0.05, 0) is 114 Å². The summed E-state index contributed by atoms with van der Waals surface area (Å²) in [5, 5.41) is 12.2. The first kappa shape index (κ1) is 40.0. The molecule has 278 valence electrons. The number of piperidine rings is 1. The zero-order valence-corrected chi connectivity index (χ0v) is 32.1. The number of benzene rings is 4. The van der Waals surface area contributed by atoms with Crippen molar-refractivity contribution in [1.29, 1.82) is 5.26 Å². The van der Waals surface area contributed by atoms with Gasteiger partial charge < -0.3 is 24.8 Å². The summed E-state index contributed by atoms with van der Waals surface area (Å²) in [5.74, 6) is -2.68. The molecule has 13 heteroatoms. The first-order valence-corrected chi connectivity index (χ1v) is 19.6. The molecule has 5 rings (SSSR count). The number of carbonyl (C=O) groups excluding carboxylic acids is 3. The molecule has 1 fully saturated rings. The minimum absolute atomic E-state index is 0.0681. The van der Waals surface area contributed by atoms with E-state index < -0.39 is 28.9 Å². The van der Waals surface area contributed by atoms with Crippen LogP contribution in [0.3, 0.4) is 0 Å². The molecule has 0 spiro atoms. The Morgan fingerprint density at radius 2 is 1.83 bits per heavy atom. The number of esters is 1. The number of methoxy groups -OCH3 is 1. The third-order valence-electron chi connectivity index (χ3n) is 10.0. The van der Waals surface area contributed by atoms with Gasteiger partial charge in [-0.1, -0.05) is 60.5 Å². The van der Waals surface area contributed by atoms with Crippen molar-refractivity contribution in [3.63, 3.8) is 0 Å². The first-order valence-electron chi connectivity index (χ1n) is 17.3. The molecule has 2 atom stereocenters. The molecule has 0 bridgehead atoms. The van der Waals surface area contributed by atoms with E-state index in [9.17, 15) is 24.2 Å². The Balaban J connectivity index is 1.42. The van der Waals surface area contributed by atoms with E-state index in [4.69, 9.17) is 33.7 Å². The number of nitriles is 1. The fourth-order valence-corrected chi connectivity index (χ4v) is 8.26. The fraction of sp³-hybridized carbons (Fsp3) is 0.350. The highest BCUT2D eigenvalue weighted by Crippen LogP contribution is 2.35. The molecule has 4 aromatic carbocycles. The Morgan fingerprint density at radius 1 is 1.11 bits per heavy atom. The average Bonchev–Trinajstić information content (AvgIpc) is 3.15. The molecule has 1 saturated heterocycles. The lowest BCUT2D eigenvalue weighted by atomic mass is 9.87. The molecule has 1 aliphatic heterocycles. The molecule has 1 aliphatic rings. The fourth-order valence-electron chi connectivity index (χ4n) is 7.22. The number of amides is 2. The van der Waals surface area contributed by atoms with Crippen LogP contribution in [0.15, 0.2) is 65.6 Å². The summed E-state index contributed by atoms with van der Waals surface area (Å²) < 4.78 is 32.4. The number of halogens is 3. The lowest BCUT2D eigenvalue weighted by Gasteiger charge is -2.34. The van der Waals surface area contributed by atoms with Crippen LogP contribution in [0.2, 0.25) is 10.0 Å². The molecule has 0 aliphatic carbocycles. The van der Waals surface area contributed by atoms with Crippen molar-refractivity contribution >= 4 is 62.9 Å². The molecule has 0 aromatic heterocycles. The number of primary amides is 1. The average molecular weight is 780 g/mol. The van der Waals surface area contributed by atoms with E-state index in [2.05, 4.69) is 11.0 Å². The molecule has 0 saturated carbocycles. The second-order valence-electron chi connectivity index (χ2n) is 13.2. The molecule has 2 N–H and O–H groups in total. The van der Waals surface area contributed by atoms with Gasteiger partial charge in [0, 0.05) is 18.5 Å². The van der Waals surface area contributed by atoms with E-state index in [0.717, 1.165) is 17.0 Å². The van der Waals surface area contributed by atoms with Crippen LogP contribution in [0.1, 0.15) is 81.0 Å². The van der Waals surface area contributed by atoms with Gasteiger partial charge in [0.05, 0.1) is 39.9 Å². The second kappa shape index (κ2) is 17.8. The number of fused-ring (bicyclic) bond motifs is 1. The van der Waals surface area contributed by atoms with Gasteiger partial charge in [0.15, 0.2) is 4.90 Å². The standard InChI is InChI=1S/C40H41Cl2FN4O5S/c1-4-29-28(21-44)17-26-7-5-6-8-30(26)38(29)40(50)47(23-37(48)52-2)22-27(25-9-10-33(41)34(42)18-25)13-16-46-14-11-24(12-15-46)31-19-32(39(45)49)36(53(3)51)20-35(31)43/h5-10,17-20,24,27H,4,11-16,22-23H2,1-3H3,(H2,45,49)/t27-,53?/m1/s1. The Hall–Kier alpha value is -4.18. The normalized spacial score (nSPS) is 14.8. The molecular formula is C40H41Cl2FN4O5S. The summed E-state index contributed by atoms with van der Waals surface area (Å²) in [6, 6.07) is 19.4. The molecule has 0 radical (unpaired) electrons. The third-order valence-corrected chi connectivity index (χ3v) is 11.7. The Bertz CT molecular complexity index is 2070. The summed E-state index contributed by atoms with van der Waals surface area (Å²) in [7, 11) is 1.27. The summed E-state index contributed by atoms with van der Waals surface area (Å²) in [6.45, 7) is 3.63. The number of rotatable bonds is 13. The minimum atomic E-state index is -1.58. The van der Waals surface area contributed by atoms with E-state index in [0.29, 0.717) is 83.0 Å². The van der Waals surface area contributed by atoms with Crippen LogP contribution in [-0.2, 0) is 27.1 Å². The van der Waals surface area contributed by atoms with Gasteiger partial charge in [-0.25, -0.2) is 4.39 Å². The Morgan fingerprint density at radius 3 is 2.45 bits per heavy atom. The monoisotopic (exact) mass is 778 g/mol. The lowest BCUT2D eigenvalue weighted by molar-refractivity contribution is -0.141. The van der Waals surface area contributed by atoms with Crippen molar-refractivity contribution in [1.82, 2.24) is 9.80 Å². The summed E-state index contributed by atoms with van der Waals surface area (Å²) in [6.07, 6.45) is 3.63. The van der Waals surface area contributed by atoms with Crippen LogP contribution in [0.5, 0.6) is 0 Å². The highest BCUT2D eigenvalue weighted by atomic mass is 35.5. The zero-order chi connectivity index (χ0) is 38.4. The highest BCUT2D eigenvalue weighted by Gasteiger charge is 2.31. The van der Waals surface area contributed by atoms with Gasteiger partial charge >= 0.3 is 5.97 Å². The smallest absolute Gasteiger partial charge is 0.325 e. The lowest BCUT2D eigenvalue weighted by Crippen LogP contribution is -2.41. The van der Waals surface area contributed by atoms with E-state index in [1.807, 2.05) is 37.3 Å². The molecule has 53 heavy (non-hydrogen) atoms. The number of nitrogens with two attached hydrogens (primary N) is 1. The van der Waals surface area contributed by atoms with Crippen LogP contribution in [0.25, 0.3) is 10.8 Å². The van der Waals surface area contributed by atoms with Gasteiger partial charge in [0.25, 0.3) is 11.8 Å². The van der Waals surface area contributed by atoms with E-state index in [1.54, 1.807) is 18.2 Å². The van der Waals surface area contributed by atoms with Gasteiger partial charge in [-0.15, -0.1) is 0 Å². The van der Waals surface area contributed by atoms with Crippen molar-refractivity contribution in [2.45, 2.75) is 49.3 Å². The SMILES string of the molecule is CCc1c(C#N)cc2ccccc2c1C(=O)N(CC(=O)OC)C[C@@H](CCN1CCC(c2cc(C(N)=O)c([S+](C)[O-])cc2F)CC1)c1ccc(Cl)c(Cl)c1. The molecular weight excluding hydrogens is 738 g/mol. The third kappa shape index (κ3) is 9.14. The predicted octanol–water partition coefficient (Wildman–Crippen LogP) is 7.22. The van der Waals surface area contributed by atoms with Gasteiger partial charge in [-0.2, -0.15) is 5.26 Å². The molecule has 4 aromatic rings. The van der Waals surface area contributed by atoms with Crippen molar-refractivity contribution in [3.05, 3.63) is 110 Å². The van der Waals surface area contributed by atoms with E-state index in [1.165, 1.54) is 24.3 Å². The van der Waals surface area contributed by atoms with Gasteiger partial charge in [0.1, 0.15) is 18.6 Å². The van der Waals surface area contributed by atoms with Crippen LogP contribution in [0, 0.1) is 17.1 Å². The van der Waals surface area contributed by atoms with Crippen LogP contribution in [0.4, 0.5) is 4.39 Å². The van der Waals surface area contributed by atoms with Crippen molar-refractivity contribution < 1.29 is 28.1 Å². The molecule has 2 amide bonds. The Kier molecular flexibility index (Phi) is 13.4. The first-order chi connectivity index (χ1) is 25.4. The second-order valence-corrected chi connectivity index (χ2v) is 15.4. The maximum absolute atomic E-state index is 15.2. The number of carbonyl (C=O) groups is 3. The zero-order valence-electron chi connectivity index (χ0n) is 29.8. The molecule has 1 unspecified atom stereocenters. The number of nitrogens with zero attached hydrogens (tertiary/aromatic N) is 3. The molecule has 1 heterocycles. The Labute approximate surface area is 322 Å².